The Morgan fingerprint density at radius 1 is 0.404 bits per heavy atom. The van der Waals surface area contributed by atoms with E-state index in [2.05, 4.69) is 150 Å². The maximum atomic E-state index is 6.34. The van der Waals surface area contributed by atoms with Crippen LogP contribution in [0, 0.1) is 0 Å². The van der Waals surface area contributed by atoms with Crippen molar-refractivity contribution in [1.29, 1.82) is 0 Å². The highest BCUT2D eigenvalue weighted by Gasteiger charge is 2.52. The quantitative estimate of drug-likeness (QED) is 0.182. The summed E-state index contributed by atoms with van der Waals surface area (Å²) in [6.45, 7) is 0. The Kier molecular flexibility index (Phi) is 6.04. The van der Waals surface area contributed by atoms with Crippen molar-refractivity contribution in [2.24, 2.45) is 0 Å². The second kappa shape index (κ2) is 11.2. The number of fused-ring (bicyclic) bond motifs is 17. The third kappa shape index (κ3) is 3.99. The van der Waals surface area contributed by atoms with Crippen molar-refractivity contribution in [1.82, 2.24) is 19.5 Å². The highest BCUT2D eigenvalue weighted by molar-refractivity contribution is 6.16. The molecule has 11 aromatic rings. The van der Waals surface area contributed by atoms with E-state index in [1.54, 1.807) is 0 Å². The molecule has 0 amide bonds. The largest absolute Gasteiger partial charge is 0.456 e. The molecule has 5 heteroatoms. The number of benzene rings is 8. The minimum atomic E-state index is -0.505. The van der Waals surface area contributed by atoms with E-state index in [1.807, 2.05) is 36.4 Å². The van der Waals surface area contributed by atoms with Crippen LogP contribution < -0.4 is 0 Å². The number of para-hydroxylation sites is 2. The van der Waals surface area contributed by atoms with Crippen LogP contribution in [0.3, 0.4) is 0 Å². The first-order valence-electron chi connectivity index (χ1n) is 19.4. The molecule has 2 aliphatic carbocycles. The summed E-state index contributed by atoms with van der Waals surface area (Å²) in [5.41, 5.74) is 15.4. The average molecular weight is 727 g/mol. The van der Waals surface area contributed by atoms with Gasteiger partial charge in [-0.3, -0.25) is 4.57 Å². The second-order valence-corrected chi connectivity index (χ2v) is 15.1. The van der Waals surface area contributed by atoms with Crippen molar-refractivity contribution in [2.45, 2.75) is 5.41 Å². The molecule has 0 radical (unpaired) electrons. The number of furan rings is 1. The fourth-order valence-corrected chi connectivity index (χ4v) is 10.0. The van der Waals surface area contributed by atoms with Gasteiger partial charge in [0.1, 0.15) is 11.2 Å². The molecule has 2 aliphatic rings. The summed E-state index contributed by atoms with van der Waals surface area (Å²) >= 11 is 0. The van der Waals surface area contributed by atoms with Gasteiger partial charge in [-0.15, -0.1) is 0 Å². The summed E-state index contributed by atoms with van der Waals surface area (Å²) in [5, 5.41) is 4.52. The van der Waals surface area contributed by atoms with Crippen LogP contribution in [0.4, 0.5) is 0 Å². The zero-order chi connectivity index (χ0) is 37.2. The predicted molar refractivity (Wildman–Crippen MR) is 229 cm³/mol. The Balaban J connectivity index is 1.13. The molecular formula is C52H30N4O. The lowest BCUT2D eigenvalue weighted by Crippen LogP contribution is -2.26. The number of aromatic nitrogens is 4. The van der Waals surface area contributed by atoms with E-state index < -0.39 is 5.41 Å². The lowest BCUT2D eigenvalue weighted by molar-refractivity contribution is 0.669. The molecular weight excluding hydrogens is 697 g/mol. The Hall–Kier alpha value is -7.63. The van der Waals surface area contributed by atoms with Crippen LogP contribution >= 0.6 is 0 Å². The van der Waals surface area contributed by atoms with Crippen molar-refractivity contribution in [3.8, 4) is 51.0 Å². The lowest BCUT2D eigenvalue weighted by atomic mass is 9.69. The summed E-state index contributed by atoms with van der Waals surface area (Å²) in [5.74, 6) is 1.75. The predicted octanol–water partition coefficient (Wildman–Crippen LogP) is 12.5. The molecule has 5 nitrogen and oxygen atoms in total. The summed E-state index contributed by atoms with van der Waals surface area (Å²) in [6, 6.07) is 64.8. The van der Waals surface area contributed by atoms with Gasteiger partial charge in [0.2, 0.25) is 5.95 Å². The molecule has 8 aromatic carbocycles. The van der Waals surface area contributed by atoms with Crippen molar-refractivity contribution >= 4 is 43.7 Å². The maximum Gasteiger partial charge on any atom is 0.238 e. The Morgan fingerprint density at radius 2 is 0.982 bits per heavy atom. The summed E-state index contributed by atoms with van der Waals surface area (Å²) in [6.07, 6.45) is 0. The highest BCUT2D eigenvalue weighted by Crippen LogP contribution is 2.64. The Labute approximate surface area is 327 Å². The van der Waals surface area contributed by atoms with E-state index in [4.69, 9.17) is 19.4 Å². The first kappa shape index (κ1) is 30.7. The molecule has 0 bridgehead atoms. The van der Waals surface area contributed by atoms with Gasteiger partial charge in [0, 0.05) is 32.7 Å². The minimum Gasteiger partial charge on any atom is -0.456 e. The number of hydrogen-bond donors (Lipinski definition) is 0. The molecule has 0 atom stereocenters. The third-order valence-electron chi connectivity index (χ3n) is 12.3. The van der Waals surface area contributed by atoms with E-state index in [0.717, 1.165) is 49.5 Å². The van der Waals surface area contributed by atoms with Crippen molar-refractivity contribution in [3.05, 3.63) is 204 Å². The molecule has 0 saturated carbocycles. The zero-order valence-corrected chi connectivity index (χ0v) is 30.5. The fraction of sp³-hybridized carbons (Fsp3) is 0.0192. The Morgan fingerprint density at radius 3 is 1.72 bits per heavy atom. The van der Waals surface area contributed by atoms with E-state index in [9.17, 15) is 0 Å². The van der Waals surface area contributed by atoms with Crippen LogP contribution in [0.15, 0.2) is 186 Å². The van der Waals surface area contributed by atoms with Crippen molar-refractivity contribution < 1.29 is 4.42 Å². The summed E-state index contributed by atoms with van der Waals surface area (Å²) < 4.78 is 8.58. The van der Waals surface area contributed by atoms with Crippen LogP contribution in [0.2, 0.25) is 0 Å². The number of rotatable bonds is 3. The van der Waals surface area contributed by atoms with Crippen LogP contribution in [0.1, 0.15) is 22.3 Å². The lowest BCUT2D eigenvalue weighted by Gasteiger charge is -2.31. The molecule has 0 saturated heterocycles. The Bertz CT molecular complexity index is 3420. The first-order valence-corrected chi connectivity index (χ1v) is 19.4. The normalized spacial score (nSPS) is 13.4. The fourth-order valence-electron chi connectivity index (χ4n) is 10.0. The van der Waals surface area contributed by atoms with E-state index in [1.165, 1.54) is 49.9 Å². The second-order valence-electron chi connectivity index (χ2n) is 15.1. The molecule has 57 heavy (non-hydrogen) atoms. The summed E-state index contributed by atoms with van der Waals surface area (Å²) in [4.78, 5) is 15.7. The van der Waals surface area contributed by atoms with E-state index in [-0.39, 0.29) is 0 Å². The van der Waals surface area contributed by atoms with Crippen molar-refractivity contribution in [3.63, 3.8) is 0 Å². The van der Waals surface area contributed by atoms with Gasteiger partial charge in [-0.1, -0.05) is 152 Å². The smallest absolute Gasteiger partial charge is 0.238 e. The molecule has 0 fully saturated rings. The van der Waals surface area contributed by atoms with Crippen LogP contribution in [0.25, 0.3) is 94.7 Å². The minimum absolute atomic E-state index is 0.505. The maximum absolute atomic E-state index is 6.34. The molecule has 0 aliphatic heterocycles. The van der Waals surface area contributed by atoms with E-state index >= 15 is 0 Å². The zero-order valence-electron chi connectivity index (χ0n) is 30.5. The van der Waals surface area contributed by atoms with Gasteiger partial charge in [0.15, 0.2) is 11.6 Å². The average Bonchev–Trinajstić information content (AvgIpc) is 4.00. The first-order chi connectivity index (χ1) is 28.3. The molecule has 0 N–H and O–H groups in total. The standard InChI is InChI=1S/C52H30N4O/c1-2-14-31(15-3-1)49-53-50(32-26-27-37-36-19-8-13-25-45(36)57-46(37)30-32)55-51(54-49)56-43-24-12-7-20-39(43)47-44(56)29-28-38-35-18-6-11-23-42(35)52(48(38)47)40-21-9-4-16-33(40)34-17-5-10-22-41(34)52/h1-30H. The molecule has 3 aromatic heterocycles. The van der Waals surface area contributed by atoms with Gasteiger partial charge in [-0.05, 0) is 74.8 Å². The number of nitrogens with zero attached hydrogens (tertiary/aromatic N) is 4. The van der Waals surface area contributed by atoms with Gasteiger partial charge >= 0.3 is 0 Å². The van der Waals surface area contributed by atoms with Gasteiger partial charge in [-0.25, -0.2) is 4.98 Å². The molecule has 1 spiro atoms. The van der Waals surface area contributed by atoms with Gasteiger partial charge in [0.25, 0.3) is 0 Å². The van der Waals surface area contributed by atoms with Gasteiger partial charge < -0.3 is 4.42 Å². The number of hydrogen-bond acceptors (Lipinski definition) is 4. The van der Waals surface area contributed by atoms with Gasteiger partial charge in [-0.2, -0.15) is 9.97 Å². The molecule has 264 valence electrons. The molecule has 3 heterocycles. The topological polar surface area (TPSA) is 56.7 Å². The highest BCUT2D eigenvalue weighted by atomic mass is 16.3. The van der Waals surface area contributed by atoms with Gasteiger partial charge in [0.05, 0.1) is 16.4 Å². The molecule has 0 unspecified atom stereocenters. The molecule has 13 rings (SSSR count). The SMILES string of the molecule is c1ccc(-c2nc(-c3ccc4c(c3)oc3ccccc34)nc(-n3c4ccccc4c4c5c(ccc43)-c3ccccc3C53c4ccccc4-c4ccccc43)n2)cc1. The van der Waals surface area contributed by atoms with E-state index in [0.29, 0.717) is 17.6 Å². The third-order valence-corrected chi connectivity index (χ3v) is 12.3. The van der Waals surface area contributed by atoms with Crippen LogP contribution in [-0.4, -0.2) is 19.5 Å². The monoisotopic (exact) mass is 726 g/mol. The van der Waals surface area contributed by atoms with Crippen LogP contribution in [0.5, 0.6) is 0 Å². The summed E-state index contributed by atoms with van der Waals surface area (Å²) in [7, 11) is 0. The van der Waals surface area contributed by atoms with Crippen molar-refractivity contribution in [2.75, 3.05) is 0 Å². The van der Waals surface area contributed by atoms with Crippen LogP contribution in [-0.2, 0) is 5.41 Å².